The van der Waals surface area contributed by atoms with Crippen LogP contribution in [0.5, 0.6) is 5.75 Å². The van der Waals surface area contributed by atoms with Gasteiger partial charge in [-0.05, 0) is 104 Å². The smallest absolute Gasteiger partial charge is 0.413 e. The van der Waals surface area contributed by atoms with E-state index < -0.39 is 47.3 Å². The van der Waals surface area contributed by atoms with Gasteiger partial charge in [-0.15, -0.1) is 11.3 Å². The zero-order valence-corrected chi connectivity index (χ0v) is 34.4. The Morgan fingerprint density at radius 3 is 2.58 bits per heavy atom. The number of carbonyl (C=O) groups excluding carboxylic acids is 3. The SMILES string of the molecule is CC.CC(O/N=C(\C(=O)NC1C(=O)N(OSO)C1(C)C)c1csc(NC(=O)OC(C)(C)C)n1)C1CCc2cc(C(N)=NCCN3CCC(N)CC3)ccc2O1. The number of thiazole rings is 1. The lowest BCUT2D eigenvalue weighted by molar-refractivity contribution is -0.214. The Morgan fingerprint density at radius 1 is 1.22 bits per heavy atom. The van der Waals surface area contributed by atoms with E-state index in [-0.39, 0.29) is 34.9 Å². The number of rotatable bonds is 13. The van der Waals surface area contributed by atoms with E-state index in [0.717, 1.165) is 60.0 Å². The van der Waals surface area contributed by atoms with Crippen molar-refractivity contribution in [2.24, 2.45) is 21.6 Å². The lowest BCUT2D eigenvalue weighted by Crippen LogP contribution is -2.76. The van der Waals surface area contributed by atoms with Crippen molar-refractivity contribution >= 4 is 58.2 Å². The van der Waals surface area contributed by atoms with Gasteiger partial charge in [-0.3, -0.25) is 19.9 Å². The Kier molecular flexibility index (Phi) is 15.3. The molecule has 0 bridgehead atoms. The Bertz CT molecular complexity index is 1710. The number of aliphatic imine (C=N–C) groups is 1. The molecule has 0 saturated carbocycles. The van der Waals surface area contributed by atoms with Crippen molar-refractivity contribution < 1.29 is 37.5 Å². The van der Waals surface area contributed by atoms with Gasteiger partial charge < -0.3 is 40.5 Å². The monoisotopic (exact) mass is 805 g/mol. The van der Waals surface area contributed by atoms with Crippen LogP contribution in [0.3, 0.4) is 0 Å². The van der Waals surface area contributed by atoms with E-state index >= 15 is 0 Å². The van der Waals surface area contributed by atoms with Crippen LogP contribution in [0.25, 0.3) is 0 Å². The van der Waals surface area contributed by atoms with E-state index in [4.69, 9.17) is 34.6 Å². The minimum Gasteiger partial charge on any atom is -0.486 e. The van der Waals surface area contributed by atoms with E-state index in [1.165, 1.54) is 5.38 Å². The van der Waals surface area contributed by atoms with Crippen molar-refractivity contribution in [1.82, 2.24) is 20.3 Å². The molecule has 2 fully saturated rings. The first kappa shape index (κ1) is 43.7. The number of amidine groups is 1. The molecule has 1 aromatic carbocycles. The number of hydrogen-bond donors (Lipinski definition) is 5. The number of anilines is 1. The van der Waals surface area contributed by atoms with Crippen LogP contribution in [0.15, 0.2) is 33.7 Å². The third-order valence-electron chi connectivity index (χ3n) is 9.13. The van der Waals surface area contributed by atoms with Gasteiger partial charge in [0.05, 0.1) is 12.1 Å². The number of nitrogens with zero attached hydrogens (tertiary/aromatic N) is 5. The number of nitrogens with two attached hydrogens (primary N) is 2. The molecule has 55 heavy (non-hydrogen) atoms. The van der Waals surface area contributed by atoms with Gasteiger partial charge in [0.15, 0.2) is 29.3 Å². The summed E-state index contributed by atoms with van der Waals surface area (Å²) >= 11 is 1.07. The predicted octanol–water partition coefficient (Wildman–Crippen LogP) is 4.31. The molecule has 17 nitrogen and oxygen atoms in total. The number of likely N-dealkylation sites (tertiary alicyclic amines) is 1. The number of β-lactam (4-membered cyclic amide) rings is 1. The summed E-state index contributed by atoms with van der Waals surface area (Å²) in [6.45, 7) is 17.7. The molecule has 2 aromatic rings. The van der Waals surface area contributed by atoms with Crippen LogP contribution in [-0.2, 0) is 29.9 Å². The zero-order valence-electron chi connectivity index (χ0n) is 32.8. The van der Waals surface area contributed by atoms with Gasteiger partial charge in [0.1, 0.15) is 35.0 Å². The first-order chi connectivity index (χ1) is 26.0. The molecule has 0 radical (unpaired) electrons. The summed E-state index contributed by atoms with van der Waals surface area (Å²) in [6.07, 6.45) is 1.57. The highest BCUT2D eigenvalue weighted by atomic mass is 32.2. The van der Waals surface area contributed by atoms with Crippen molar-refractivity contribution in [3.63, 3.8) is 0 Å². The Labute approximate surface area is 330 Å². The first-order valence-electron chi connectivity index (χ1n) is 18.5. The third kappa shape index (κ3) is 11.5. The molecule has 2 saturated heterocycles. The van der Waals surface area contributed by atoms with E-state index in [1.807, 2.05) is 32.0 Å². The second kappa shape index (κ2) is 19.2. The maximum Gasteiger partial charge on any atom is 0.413 e. The lowest BCUT2D eigenvalue weighted by Gasteiger charge is -2.50. The molecule has 0 aliphatic carbocycles. The van der Waals surface area contributed by atoms with Crippen LogP contribution in [0, 0.1) is 0 Å². The minimum atomic E-state index is -1.00. The molecule has 3 amide bonds. The standard InChI is InChI=1S/C34H49N9O8S2.C2H6/c1-19(24-9-7-20-17-21(8-10-25(20)48-24)28(36)37-13-16-42-14-11-22(35)12-15-42)50-41-26(23-18-52-31(38-23)40-32(46)49-33(2,3)4)29(44)39-27-30(45)43(51-53-47)34(27,5)6;1-2/h8,10,17-19,22,24,27,47H,7,9,11-16,35H2,1-6H3,(H2,36,37)(H,39,44)(H,38,40,46);1-2H3/b41-26-;. The number of aryl methyl sites for hydroxylation is 1. The Morgan fingerprint density at radius 2 is 1.93 bits per heavy atom. The molecule has 5 rings (SSSR count). The highest BCUT2D eigenvalue weighted by Gasteiger charge is 2.57. The van der Waals surface area contributed by atoms with Gasteiger partial charge in [-0.25, -0.2) is 9.78 Å². The number of nitrogens with one attached hydrogen (secondary N) is 2. The molecule has 19 heteroatoms. The number of hydroxylamine groups is 2. The summed E-state index contributed by atoms with van der Waals surface area (Å²) in [5.41, 5.74) is 12.3. The highest BCUT2D eigenvalue weighted by Crippen LogP contribution is 2.34. The summed E-state index contributed by atoms with van der Waals surface area (Å²) in [5.74, 6) is -0.157. The molecule has 3 aliphatic heterocycles. The maximum absolute atomic E-state index is 13.7. The fourth-order valence-electron chi connectivity index (χ4n) is 6.08. The molecule has 304 valence electrons. The molecule has 4 heterocycles. The topological polar surface area (TPSA) is 229 Å². The number of benzene rings is 1. The van der Waals surface area contributed by atoms with Crippen LogP contribution >= 0.6 is 23.7 Å². The number of carbonyl (C=O) groups is 3. The first-order valence-corrected chi connectivity index (χ1v) is 20.0. The van der Waals surface area contributed by atoms with Crippen molar-refractivity contribution in [2.45, 2.75) is 117 Å². The zero-order chi connectivity index (χ0) is 40.5. The summed E-state index contributed by atoms with van der Waals surface area (Å²) in [4.78, 5) is 55.9. The maximum atomic E-state index is 13.7. The van der Waals surface area contributed by atoms with Gasteiger partial charge in [-0.1, -0.05) is 19.0 Å². The van der Waals surface area contributed by atoms with E-state index in [0.29, 0.717) is 31.0 Å². The van der Waals surface area contributed by atoms with Crippen LogP contribution in [0.4, 0.5) is 9.93 Å². The largest absolute Gasteiger partial charge is 0.486 e. The quantitative estimate of drug-likeness (QED) is 0.0626. The van der Waals surface area contributed by atoms with E-state index in [9.17, 15) is 14.4 Å². The average Bonchev–Trinajstić information content (AvgIpc) is 3.60. The van der Waals surface area contributed by atoms with E-state index in [2.05, 4.69) is 30.7 Å². The summed E-state index contributed by atoms with van der Waals surface area (Å²) < 4.78 is 25.6. The molecule has 1 aromatic heterocycles. The Hall–Kier alpha value is -4.01. The fraction of sp³-hybridized carbons (Fsp3) is 0.611. The van der Waals surface area contributed by atoms with E-state index in [1.54, 1.807) is 41.5 Å². The van der Waals surface area contributed by atoms with Crippen LogP contribution in [-0.4, -0.2) is 111 Å². The van der Waals surface area contributed by atoms with Crippen LogP contribution < -0.4 is 26.8 Å². The number of fused-ring (bicyclic) bond motifs is 1. The molecule has 3 aliphatic rings. The lowest BCUT2D eigenvalue weighted by atomic mass is 9.84. The number of piperidine rings is 1. The van der Waals surface area contributed by atoms with Gasteiger partial charge in [-0.2, -0.15) is 9.35 Å². The fourth-order valence-corrected chi connectivity index (χ4v) is 7.09. The predicted molar refractivity (Wildman–Crippen MR) is 213 cm³/mol. The molecule has 3 unspecified atom stereocenters. The summed E-state index contributed by atoms with van der Waals surface area (Å²) in [6, 6.07) is 5.03. The minimum absolute atomic E-state index is 0.0242. The molecule has 3 atom stereocenters. The van der Waals surface area contributed by atoms with Crippen molar-refractivity contribution in [3.8, 4) is 5.75 Å². The number of ether oxygens (including phenoxy) is 2. The molecule has 0 spiro atoms. The molecular weight excluding hydrogens is 751 g/mol. The van der Waals surface area contributed by atoms with Crippen molar-refractivity contribution in [1.29, 1.82) is 0 Å². The second-order valence-corrected chi connectivity index (χ2v) is 15.9. The normalized spacial score (nSPS) is 20.9. The highest BCUT2D eigenvalue weighted by molar-refractivity contribution is 7.88. The van der Waals surface area contributed by atoms with Gasteiger partial charge in [0.2, 0.25) is 0 Å². The van der Waals surface area contributed by atoms with Gasteiger partial charge >= 0.3 is 6.09 Å². The summed E-state index contributed by atoms with van der Waals surface area (Å²) in [5, 5.41) is 12.1. The van der Waals surface area contributed by atoms with Crippen molar-refractivity contribution in [2.75, 3.05) is 31.5 Å². The third-order valence-corrected chi connectivity index (χ3v) is 10.1. The number of hydrogen-bond acceptors (Lipinski definition) is 15. The summed E-state index contributed by atoms with van der Waals surface area (Å²) in [7, 11) is 0. The number of oxime groups is 1. The molecular formula is C36H55N9O8S2. The van der Waals surface area contributed by atoms with Gasteiger partial charge in [0, 0.05) is 23.5 Å². The Balaban J connectivity index is 0.00000331. The van der Waals surface area contributed by atoms with Crippen LogP contribution in [0.2, 0.25) is 0 Å². The number of amides is 3. The average molecular weight is 806 g/mol. The van der Waals surface area contributed by atoms with Crippen LogP contribution in [0.1, 0.15) is 91.5 Å². The number of aromatic nitrogens is 1. The van der Waals surface area contributed by atoms with Crippen molar-refractivity contribution in [3.05, 3.63) is 40.4 Å². The molecule has 7 N–H and O–H groups in total. The van der Waals surface area contributed by atoms with Gasteiger partial charge in [0.25, 0.3) is 11.8 Å². The second-order valence-electron chi connectivity index (χ2n) is 14.7.